The van der Waals surface area contributed by atoms with Crippen LogP contribution in [0.15, 0.2) is 0 Å². The summed E-state index contributed by atoms with van der Waals surface area (Å²) in [5.41, 5.74) is 0. The van der Waals surface area contributed by atoms with E-state index in [9.17, 15) is 0 Å². The summed E-state index contributed by atoms with van der Waals surface area (Å²) in [5.74, 6) is 0. The Labute approximate surface area is 81.1 Å². The Balaban J connectivity index is 0.000000226. The molecule has 0 aromatic rings. The van der Waals surface area contributed by atoms with Gasteiger partial charge in [-0.3, -0.25) is 0 Å². The van der Waals surface area contributed by atoms with Crippen LogP contribution in [0, 0.1) is 0 Å². The lowest BCUT2D eigenvalue weighted by Crippen LogP contribution is -2.32. The molecular formula is C9H22N2O2. The summed E-state index contributed by atoms with van der Waals surface area (Å²) in [5, 5.41) is 8.20. The SMILES string of the molecule is CN(C)CCO.CN1CCOCC1. The van der Waals surface area contributed by atoms with Crippen LogP contribution in [0.5, 0.6) is 0 Å². The molecule has 1 heterocycles. The van der Waals surface area contributed by atoms with Crippen molar-refractivity contribution in [3.8, 4) is 0 Å². The zero-order chi connectivity index (χ0) is 10.1. The van der Waals surface area contributed by atoms with Gasteiger partial charge >= 0.3 is 0 Å². The zero-order valence-electron chi connectivity index (χ0n) is 8.99. The van der Waals surface area contributed by atoms with Crippen molar-refractivity contribution in [2.24, 2.45) is 0 Å². The van der Waals surface area contributed by atoms with Gasteiger partial charge in [0, 0.05) is 19.6 Å². The van der Waals surface area contributed by atoms with E-state index in [2.05, 4.69) is 11.9 Å². The lowest BCUT2D eigenvalue weighted by atomic mass is 10.5. The van der Waals surface area contributed by atoms with E-state index in [1.54, 1.807) is 0 Å². The summed E-state index contributed by atoms with van der Waals surface area (Å²) in [6.45, 7) is 5.04. The van der Waals surface area contributed by atoms with Crippen LogP contribution in [-0.2, 0) is 4.74 Å². The van der Waals surface area contributed by atoms with Gasteiger partial charge in [0.05, 0.1) is 19.8 Å². The fourth-order valence-electron chi connectivity index (χ4n) is 0.855. The third-order valence-corrected chi connectivity index (χ3v) is 1.78. The molecule has 13 heavy (non-hydrogen) atoms. The minimum atomic E-state index is 0.257. The molecule has 0 aliphatic carbocycles. The molecule has 1 saturated heterocycles. The van der Waals surface area contributed by atoms with Crippen LogP contribution >= 0.6 is 0 Å². The highest BCUT2D eigenvalue weighted by Crippen LogP contribution is 1.89. The molecule has 1 aliphatic heterocycles. The average Bonchev–Trinajstić information content (AvgIpc) is 2.06. The molecule has 0 aromatic heterocycles. The summed E-state index contributed by atoms with van der Waals surface area (Å²) in [6, 6.07) is 0. The standard InChI is InChI=1S/C5H11NO.C4H11NO/c1-6-2-4-7-5-3-6;1-5(2)3-4-6/h2-5H2,1H3;6H,3-4H2,1-2H3. The third-order valence-electron chi connectivity index (χ3n) is 1.78. The molecule has 0 aromatic carbocycles. The molecule has 0 bridgehead atoms. The molecule has 1 fully saturated rings. The third kappa shape index (κ3) is 9.76. The number of aliphatic hydroxyl groups is 1. The second-order valence-electron chi connectivity index (χ2n) is 3.44. The first kappa shape index (κ1) is 12.8. The van der Waals surface area contributed by atoms with Gasteiger partial charge in [-0.25, -0.2) is 0 Å². The lowest BCUT2D eigenvalue weighted by Gasteiger charge is -2.21. The van der Waals surface area contributed by atoms with Crippen molar-refractivity contribution in [3.05, 3.63) is 0 Å². The number of ether oxygens (including phenoxy) is 1. The van der Waals surface area contributed by atoms with Gasteiger partial charge in [-0.15, -0.1) is 0 Å². The minimum absolute atomic E-state index is 0.257. The number of rotatable bonds is 2. The summed E-state index contributed by atoms with van der Waals surface area (Å²) >= 11 is 0. The Hall–Kier alpha value is -0.160. The van der Waals surface area contributed by atoms with Crippen LogP contribution < -0.4 is 0 Å². The van der Waals surface area contributed by atoms with Gasteiger partial charge in [0.15, 0.2) is 0 Å². The smallest absolute Gasteiger partial charge is 0.0594 e. The number of hydrogen-bond donors (Lipinski definition) is 1. The van der Waals surface area contributed by atoms with Crippen molar-refractivity contribution in [2.45, 2.75) is 0 Å². The number of nitrogens with zero attached hydrogens (tertiary/aromatic N) is 2. The van der Waals surface area contributed by atoms with Crippen LogP contribution in [0.3, 0.4) is 0 Å². The molecule has 1 rings (SSSR count). The largest absolute Gasteiger partial charge is 0.395 e. The molecule has 0 atom stereocenters. The number of aliphatic hydroxyl groups excluding tert-OH is 1. The van der Waals surface area contributed by atoms with Crippen LogP contribution in [0.4, 0.5) is 0 Å². The van der Waals surface area contributed by atoms with E-state index in [-0.39, 0.29) is 6.61 Å². The van der Waals surface area contributed by atoms with E-state index in [1.807, 2.05) is 19.0 Å². The van der Waals surface area contributed by atoms with Crippen molar-refractivity contribution in [3.63, 3.8) is 0 Å². The highest BCUT2D eigenvalue weighted by atomic mass is 16.5. The molecule has 4 heteroatoms. The van der Waals surface area contributed by atoms with Gasteiger partial charge < -0.3 is 19.6 Å². The fraction of sp³-hybridized carbons (Fsp3) is 1.00. The highest BCUT2D eigenvalue weighted by molar-refractivity contribution is 4.53. The topological polar surface area (TPSA) is 35.9 Å². The van der Waals surface area contributed by atoms with E-state index in [4.69, 9.17) is 9.84 Å². The fourth-order valence-corrected chi connectivity index (χ4v) is 0.855. The molecule has 80 valence electrons. The maximum absolute atomic E-state index is 8.20. The predicted molar refractivity (Wildman–Crippen MR) is 54.0 cm³/mol. The maximum atomic E-state index is 8.20. The quantitative estimate of drug-likeness (QED) is 0.636. The predicted octanol–water partition coefficient (Wildman–Crippen LogP) is -0.511. The van der Waals surface area contributed by atoms with Crippen LogP contribution in [0.25, 0.3) is 0 Å². The van der Waals surface area contributed by atoms with Gasteiger partial charge in [0.25, 0.3) is 0 Å². The van der Waals surface area contributed by atoms with Gasteiger partial charge in [-0.2, -0.15) is 0 Å². The first-order valence-electron chi connectivity index (χ1n) is 4.68. The van der Waals surface area contributed by atoms with Gasteiger partial charge in [-0.05, 0) is 21.1 Å². The molecule has 0 saturated carbocycles. The van der Waals surface area contributed by atoms with E-state index in [0.717, 1.165) is 32.8 Å². The van der Waals surface area contributed by atoms with E-state index < -0.39 is 0 Å². The van der Waals surface area contributed by atoms with Crippen LogP contribution in [0.2, 0.25) is 0 Å². The minimum Gasteiger partial charge on any atom is -0.395 e. The monoisotopic (exact) mass is 190 g/mol. The van der Waals surface area contributed by atoms with Crippen molar-refractivity contribution >= 4 is 0 Å². The Bertz CT molecular complexity index is 104. The number of morpholine rings is 1. The molecule has 0 spiro atoms. The lowest BCUT2D eigenvalue weighted by molar-refractivity contribution is 0.0503. The molecular weight excluding hydrogens is 168 g/mol. The summed E-state index contributed by atoms with van der Waals surface area (Å²) in [4.78, 5) is 4.20. The Kier molecular flexibility index (Phi) is 8.33. The zero-order valence-corrected chi connectivity index (χ0v) is 8.99. The van der Waals surface area contributed by atoms with Crippen molar-refractivity contribution in [2.75, 3.05) is 60.6 Å². The van der Waals surface area contributed by atoms with Crippen molar-refractivity contribution in [1.82, 2.24) is 9.80 Å². The first-order valence-corrected chi connectivity index (χ1v) is 4.68. The van der Waals surface area contributed by atoms with Crippen molar-refractivity contribution in [1.29, 1.82) is 0 Å². The van der Waals surface area contributed by atoms with Crippen LogP contribution in [-0.4, -0.2) is 75.5 Å². The summed E-state index contributed by atoms with van der Waals surface area (Å²) < 4.78 is 5.10. The second-order valence-corrected chi connectivity index (χ2v) is 3.44. The first-order chi connectivity index (χ1) is 6.16. The van der Waals surface area contributed by atoms with E-state index >= 15 is 0 Å². The normalized spacial score (nSPS) is 18.2. The molecule has 4 nitrogen and oxygen atoms in total. The number of hydrogen-bond acceptors (Lipinski definition) is 4. The Morgan fingerprint density at radius 1 is 1.31 bits per heavy atom. The highest BCUT2D eigenvalue weighted by Gasteiger charge is 2.02. The van der Waals surface area contributed by atoms with E-state index in [1.165, 1.54) is 0 Å². The second kappa shape index (κ2) is 8.44. The average molecular weight is 190 g/mol. The molecule has 0 radical (unpaired) electrons. The van der Waals surface area contributed by atoms with Crippen molar-refractivity contribution < 1.29 is 9.84 Å². The molecule has 0 amide bonds. The van der Waals surface area contributed by atoms with Gasteiger partial charge in [-0.1, -0.05) is 0 Å². The molecule has 1 aliphatic rings. The molecule has 1 N–H and O–H groups in total. The molecule has 0 unspecified atom stereocenters. The van der Waals surface area contributed by atoms with E-state index in [0.29, 0.717) is 0 Å². The summed E-state index contributed by atoms with van der Waals surface area (Å²) in [6.07, 6.45) is 0. The summed E-state index contributed by atoms with van der Waals surface area (Å²) in [7, 11) is 5.97. The van der Waals surface area contributed by atoms with Gasteiger partial charge in [0.2, 0.25) is 0 Å². The Morgan fingerprint density at radius 3 is 2.00 bits per heavy atom. The van der Waals surface area contributed by atoms with Crippen LogP contribution in [0.1, 0.15) is 0 Å². The number of likely N-dealkylation sites (N-methyl/N-ethyl adjacent to an activating group) is 2. The van der Waals surface area contributed by atoms with Gasteiger partial charge in [0.1, 0.15) is 0 Å². The maximum Gasteiger partial charge on any atom is 0.0594 e. The Morgan fingerprint density at radius 2 is 1.85 bits per heavy atom.